The van der Waals surface area contributed by atoms with Crippen LogP contribution in [0.25, 0.3) is 0 Å². The van der Waals surface area contributed by atoms with Crippen LogP contribution in [0.2, 0.25) is 0 Å². The molecule has 1 aliphatic heterocycles. The van der Waals surface area contributed by atoms with Gasteiger partial charge in [-0.05, 0) is 55.8 Å². The van der Waals surface area contributed by atoms with Gasteiger partial charge in [0, 0.05) is 42.3 Å². The van der Waals surface area contributed by atoms with Crippen molar-refractivity contribution in [1.29, 1.82) is 0 Å². The quantitative estimate of drug-likeness (QED) is 0.323. The summed E-state index contributed by atoms with van der Waals surface area (Å²) in [7, 11) is 1.74. The number of benzene rings is 2. The van der Waals surface area contributed by atoms with E-state index in [1.54, 1.807) is 19.2 Å². The second-order valence-electron chi connectivity index (χ2n) is 8.29. The Labute approximate surface area is 190 Å². The van der Waals surface area contributed by atoms with Gasteiger partial charge in [0.1, 0.15) is 11.5 Å². The van der Waals surface area contributed by atoms with Gasteiger partial charge in [-0.15, -0.1) is 12.4 Å². The first kappa shape index (κ1) is 23.4. The van der Waals surface area contributed by atoms with Crippen LogP contribution in [-0.2, 0) is 12.8 Å². The van der Waals surface area contributed by atoms with Gasteiger partial charge < -0.3 is 14.4 Å². The second-order valence-corrected chi connectivity index (χ2v) is 8.29. The Morgan fingerprint density at radius 1 is 1.19 bits per heavy atom. The number of nitrogens with zero attached hydrogens (tertiary/aromatic N) is 2. The number of nitro benzene ring substituents is 1. The third kappa shape index (κ3) is 4.96. The maximum atomic E-state index is 11.0. The summed E-state index contributed by atoms with van der Waals surface area (Å²) in [5.41, 5.74) is 3.77. The standard InChI is InChI=1S/C24H30N2O4.ClH/c1-3-25-15-18-9-10-20-22(29-2)11-12-23(24(20)21(18)16-25)30-13-5-7-17-6-4-8-19(14-17)26(27)28;/h4,6,8,11-12,14,18,21H,3,5,7,9-10,13,15-16H2,1-2H3;1H. The van der Waals surface area contributed by atoms with Gasteiger partial charge in [0.2, 0.25) is 0 Å². The molecule has 31 heavy (non-hydrogen) atoms. The number of fused-ring (bicyclic) bond motifs is 3. The molecule has 4 rings (SSSR count). The highest BCUT2D eigenvalue weighted by molar-refractivity contribution is 5.85. The van der Waals surface area contributed by atoms with Crippen LogP contribution >= 0.6 is 12.4 Å². The molecule has 0 amide bonds. The predicted molar refractivity (Wildman–Crippen MR) is 124 cm³/mol. The summed E-state index contributed by atoms with van der Waals surface area (Å²) in [4.78, 5) is 13.2. The lowest BCUT2D eigenvalue weighted by Gasteiger charge is -2.30. The summed E-state index contributed by atoms with van der Waals surface area (Å²) in [6.07, 6.45) is 3.83. The number of likely N-dealkylation sites (tertiary alicyclic amines) is 1. The highest BCUT2D eigenvalue weighted by atomic mass is 35.5. The van der Waals surface area contributed by atoms with Gasteiger partial charge in [-0.25, -0.2) is 0 Å². The maximum absolute atomic E-state index is 11.0. The molecule has 7 heteroatoms. The molecular formula is C24H31ClN2O4. The Kier molecular flexibility index (Phi) is 7.79. The van der Waals surface area contributed by atoms with Gasteiger partial charge in [-0.3, -0.25) is 10.1 Å². The molecule has 1 aliphatic carbocycles. The van der Waals surface area contributed by atoms with Gasteiger partial charge in [-0.2, -0.15) is 0 Å². The lowest BCUT2D eigenvalue weighted by atomic mass is 9.76. The lowest BCUT2D eigenvalue weighted by Crippen LogP contribution is -2.21. The van der Waals surface area contributed by atoms with Crippen LogP contribution in [0.3, 0.4) is 0 Å². The summed E-state index contributed by atoms with van der Waals surface area (Å²) in [5, 5.41) is 11.0. The van der Waals surface area contributed by atoms with Crippen molar-refractivity contribution in [1.82, 2.24) is 4.90 Å². The molecular weight excluding hydrogens is 416 g/mol. The van der Waals surface area contributed by atoms with Gasteiger partial charge in [0.25, 0.3) is 5.69 Å². The van der Waals surface area contributed by atoms with Crippen LogP contribution in [-0.4, -0.2) is 43.2 Å². The van der Waals surface area contributed by atoms with Crippen LogP contribution in [0, 0.1) is 16.0 Å². The normalized spacial score (nSPS) is 19.8. The molecule has 0 spiro atoms. The third-order valence-electron chi connectivity index (χ3n) is 6.58. The van der Waals surface area contributed by atoms with E-state index in [4.69, 9.17) is 9.47 Å². The average molecular weight is 447 g/mol. The first-order chi connectivity index (χ1) is 14.6. The number of hydrogen-bond acceptors (Lipinski definition) is 5. The number of likely N-dealkylation sites (N-methyl/N-ethyl adjacent to an activating group) is 1. The first-order valence-electron chi connectivity index (χ1n) is 10.9. The molecule has 2 unspecified atom stereocenters. The largest absolute Gasteiger partial charge is 0.496 e. The maximum Gasteiger partial charge on any atom is 0.269 e. The Morgan fingerprint density at radius 2 is 2.00 bits per heavy atom. The van der Waals surface area contributed by atoms with Crippen LogP contribution in [0.5, 0.6) is 11.5 Å². The van der Waals surface area contributed by atoms with E-state index in [1.807, 2.05) is 12.1 Å². The first-order valence-corrected chi connectivity index (χ1v) is 10.9. The van der Waals surface area contributed by atoms with E-state index < -0.39 is 0 Å². The Morgan fingerprint density at radius 3 is 2.74 bits per heavy atom. The van der Waals surface area contributed by atoms with Crippen LogP contribution in [0.15, 0.2) is 36.4 Å². The number of nitro groups is 1. The zero-order chi connectivity index (χ0) is 21.1. The Hall–Kier alpha value is -2.31. The minimum atomic E-state index is -0.346. The van der Waals surface area contributed by atoms with E-state index in [0.29, 0.717) is 18.4 Å². The lowest BCUT2D eigenvalue weighted by molar-refractivity contribution is -0.384. The number of aryl methyl sites for hydroxylation is 1. The predicted octanol–water partition coefficient (Wildman–Crippen LogP) is 5.02. The molecule has 1 heterocycles. The molecule has 1 saturated heterocycles. The van der Waals surface area contributed by atoms with Crippen molar-refractivity contribution in [2.45, 2.75) is 38.5 Å². The molecule has 2 atom stereocenters. The summed E-state index contributed by atoms with van der Waals surface area (Å²) in [6.45, 7) is 6.17. The molecule has 0 bridgehead atoms. The van der Waals surface area contributed by atoms with Crippen molar-refractivity contribution in [3.05, 3.63) is 63.2 Å². The SMILES string of the molecule is CCN1CC2CCc3c(OC)ccc(OCCCc4cccc([N+](=O)[O-])c4)c3C2C1.Cl. The van der Waals surface area contributed by atoms with Crippen molar-refractivity contribution in [2.75, 3.05) is 33.4 Å². The van der Waals surface area contributed by atoms with Gasteiger partial charge in [0.05, 0.1) is 18.6 Å². The van der Waals surface area contributed by atoms with Crippen LogP contribution in [0.1, 0.15) is 42.4 Å². The van der Waals surface area contributed by atoms with E-state index in [9.17, 15) is 10.1 Å². The summed E-state index contributed by atoms with van der Waals surface area (Å²) >= 11 is 0. The topological polar surface area (TPSA) is 64.8 Å². The number of halogens is 1. The molecule has 2 aliphatic rings. The van der Waals surface area contributed by atoms with Crippen molar-refractivity contribution in [3.63, 3.8) is 0 Å². The van der Waals surface area contributed by atoms with Crippen molar-refractivity contribution >= 4 is 18.1 Å². The molecule has 0 N–H and O–H groups in total. The molecule has 2 aromatic carbocycles. The van der Waals surface area contributed by atoms with Crippen molar-refractivity contribution < 1.29 is 14.4 Å². The number of hydrogen-bond donors (Lipinski definition) is 0. The summed E-state index contributed by atoms with van der Waals surface area (Å²) in [6, 6.07) is 10.9. The fourth-order valence-electron chi connectivity index (χ4n) is 5.06. The molecule has 1 fully saturated rings. The minimum Gasteiger partial charge on any atom is -0.496 e. The summed E-state index contributed by atoms with van der Waals surface area (Å²) < 4.78 is 11.9. The smallest absolute Gasteiger partial charge is 0.269 e. The fraction of sp³-hybridized carbons (Fsp3) is 0.500. The Balaban J connectivity index is 0.00000272. The molecule has 0 aromatic heterocycles. The van der Waals surface area contributed by atoms with Crippen molar-refractivity contribution in [3.8, 4) is 11.5 Å². The van der Waals surface area contributed by atoms with Gasteiger partial charge in [0.15, 0.2) is 0 Å². The fourth-order valence-corrected chi connectivity index (χ4v) is 5.06. The van der Waals surface area contributed by atoms with Gasteiger partial charge >= 0.3 is 0 Å². The van der Waals surface area contributed by atoms with E-state index in [-0.39, 0.29) is 23.0 Å². The molecule has 2 aromatic rings. The highest BCUT2D eigenvalue weighted by Gasteiger charge is 2.39. The molecule has 0 radical (unpaired) electrons. The van der Waals surface area contributed by atoms with Crippen LogP contribution in [0.4, 0.5) is 5.69 Å². The van der Waals surface area contributed by atoms with E-state index in [2.05, 4.69) is 17.9 Å². The number of ether oxygens (including phenoxy) is 2. The number of non-ortho nitro benzene ring substituents is 1. The monoisotopic (exact) mass is 446 g/mol. The highest BCUT2D eigenvalue weighted by Crippen LogP contribution is 2.48. The summed E-state index contributed by atoms with van der Waals surface area (Å²) in [5.74, 6) is 3.16. The Bertz CT molecular complexity index is 920. The zero-order valence-electron chi connectivity index (χ0n) is 18.2. The minimum absolute atomic E-state index is 0. The zero-order valence-corrected chi connectivity index (χ0v) is 19.0. The molecule has 168 valence electrons. The number of rotatable bonds is 8. The van der Waals surface area contributed by atoms with E-state index in [0.717, 1.165) is 49.4 Å². The number of methoxy groups -OCH3 is 1. The third-order valence-corrected chi connectivity index (χ3v) is 6.58. The molecule has 0 saturated carbocycles. The second kappa shape index (κ2) is 10.3. The van der Waals surface area contributed by atoms with Crippen molar-refractivity contribution in [2.24, 2.45) is 5.92 Å². The van der Waals surface area contributed by atoms with E-state index >= 15 is 0 Å². The molecule has 6 nitrogen and oxygen atoms in total. The van der Waals surface area contributed by atoms with Gasteiger partial charge in [-0.1, -0.05) is 19.1 Å². The van der Waals surface area contributed by atoms with Crippen LogP contribution < -0.4 is 9.47 Å². The van der Waals surface area contributed by atoms with E-state index in [1.165, 1.54) is 30.2 Å². The average Bonchev–Trinajstić information content (AvgIpc) is 3.20.